The number of rotatable bonds is 5. The Morgan fingerprint density at radius 1 is 0.254 bits per heavy atom. The van der Waals surface area contributed by atoms with E-state index in [0.29, 0.717) is 0 Å². The van der Waals surface area contributed by atoms with Gasteiger partial charge in [0.2, 0.25) is 0 Å². The van der Waals surface area contributed by atoms with Gasteiger partial charge in [-0.3, -0.25) is 0 Å². The molecule has 0 saturated carbocycles. The lowest BCUT2D eigenvalue weighted by Gasteiger charge is -2.31. The standard InChI is InChI=1S/C63H40/c1-2-16-42(17-3-1)43-33-30-41(31-34-43)32-35-44-36-39-56(47-19-5-4-18-46(44)47)62-54-25-8-6-23-52(54)61(53-24-7-9-26-55(53)62)45-37-38-51-50-22-12-15-29-59(50)63(60(51)40-45)57-27-13-10-20-48(57)49-21-11-14-28-58(49)63/h1-40H. The highest BCUT2D eigenvalue weighted by Crippen LogP contribution is 2.63. The summed E-state index contributed by atoms with van der Waals surface area (Å²) < 4.78 is 0. The molecule has 2 aliphatic rings. The summed E-state index contributed by atoms with van der Waals surface area (Å²) in [6.07, 6.45) is 4.50. The van der Waals surface area contributed by atoms with Gasteiger partial charge < -0.3 is 0 Å². The van der Waals surface area contributed by atoms with Gasteiger partial charge in [-0.2, -0.15) is 0 Å². The molecule has 0 heterocycles. The molecule has 0 heteroatoms. The van der Waals surface area contributed by atoms with Crippen molar-refractivity contribution >= 4 is 44.5 Å². The lowest BCUT2D eigenvalue weighted by Crippen LogP contribution is -2.25. The minimum atomic E-state index is -0.401. The summed E-state index contributed by atoms with van der Waals surface area (Å²) >= 11 is 0. The zero-order valence-electron chi connectivity index (χ0n) is 34.6. The molecule has 0 radical (unpaired) electrons. The van der Waals surface area contributed by atoms with Crippen LogP contribution in [0.1, 0.15) is 33.4 Å². The molecule has 1 spiro atoms. The number of benzene rings is 11. The third kappa shape index (κ3) is 5.22. The minimum absolute atomic E-state index is 0.401. The average Bonchev–Trinajstić information content (AvgIpc) is 3.82. The van der Waals surface area contributed by atoms with Crippen LogP contribution in [0.15, 0.2) is 231 Å². The molecule has 0 atom stereocenters. The summed E-state index contributed by atoms with van der Waals surface area (Å²) in [4.78, 5) is 0. The second-order valence-corrected chi connectivity index (χ2v) is 17.1. The molecule has 11 aromatic carbocycles. The second-order valence-electron chi connectivity index (χ2n) is 17.1. The van der Waals surface area contributed by atoms with Crippen LogP contribution < -0.4 is 0 Å². The molecule has 0 fully saturated rings. The summed E-state index contributed by atoms with van der Waals surface area (Å²) in [5.74, 6) is 0. The van der Waals surface area contributed by atoms with Crippen molar-refractivity contribution in [3.8, 4) is 55.6 Å². The zero-order chi connectivity index (χ0) is 41.5. The first-order valence-electron chi connectivity index (χ1n) is 22.0. The molecule has 11 aromatic rings. The lowest BCUT2D eigenvalue weighted by molar-refractivity contribution is 0.794. The quantitative estimate of drug-likeness (QED) is 0.120. The molecule has 0 amide bonds. The van der Waals surface area contributed by atoms with E-state index in [1.807, 2.05) is 0 Å². The van der Waals surface area contributed by atoms with Crippen LogP contribution in [0.5, 0.6) is 0 Å². The largest absolute Gasteiger partial charge is 0.0725 e. The average molecular weight is 797 g/mol. The van der Waals surface area contributed by atoms with Gasteiger partial charge in [0.15, 0.2) is 0 Å². The van der Waals surface area contributed by atoms with E-state index in [1.165, 1.54) is 121 Å². The summed E-state index contributed by atoms with van der Waals surface area (Å²) in [6.45, 7) is 0. The summed E-state index contributed by atoms with van der Waals surface area (Å²) in [5.41, 5.74) is 20.2. The predicted octanol–water partition coefficient (Wildman–Crippen LogP) is 16.7. The number of hydrogen-bond donors (Lipinski definition) is 0. The lowest BCUT2D eigenvalue weighted by atomic mass is 9.70. The van der Waals surface area contributed by atoms with Crippen molar-refractivity contribution in [1.82, 2.24) is 0 Å². The Bertz CT molecular complexity index is 3540. The van der Waals surface area contributed by atoms with Crippen LogP contribution in [0, 0.1) is 0 Å². The normalized spacial score (nSPS) is 13.1. The van der Waals surface area contributed by atoms with Gasteiger partial charge in [0.1, 0.15) is 0 Å². The van der Waals surface area contributed by atoms with E-state index in [1.54, 1.807) is 0 Å². The van der Waals surface area contributed by atoms with E-state index in [4.69, 9.17) is 0 Å². The maximum atomic E-state index is 2.54. The highest BCUT2D eigenvalue weighted by molar-refractivity contribution is 6.24. The van der Waals surface area contributed by atoms with E-state index in [9.17, 15) is 0 Å². The summed E-state index contributed by atoms with van der Waals surface area (Å²) in [7, 11) is 0. The Morgan fingerprint density at radius 2 is 0.683 bits per heavy atom. The molecule has 0 bridgehead atoms. The van der Waals surface area contributed by atoms with Gasteiger partial charge in [0.05, 0.1) is 5.41 Å². The summed E-state index contributed by atoms with van der Waals surface area (Å²) in [5, 5.41) is 7.52. The second kappa shape index (κ2) is 14.0. The van der Waals surface area contributed by atoms with Gasteiger partial charge in [-0.05, 0) is 127 Å². The first-order valence-corrected chi connectivity index (χ1v) is 22.0. The predicted molar refractivity (Wildman–Crippen MR) is 267 cm³/mol. The van der Waals surface area contributed by atoms with Gasteiger partial charge >= 0.3 is 0 Å². The first kappa shape index (κ1) is 35.7. The van der Waals surface area contributed by atoms with Crippen LogP contribution in [0.25, 0.3) is 100 Å². The fourth-order valence-corrected chi connectivity index (χ4v) is 11.3. The van der Waals surface area contributed by atoms with Gasteiger partial charge in [0.25, 0.3) is 0 Å². The molecule has 2 aliphatic carbocycles. The monoisotopic (exact) mass is 796 g/mol. The van der Waals surface area contributed by atoms with Crippen molar-refractivity contribution in [2.45, 2.75) is 5.41 Å². The van der Waals surface area contributed by atoms with E-state index in [-0.39, 0.29) is 0 Å². The van der Waals surface area contributed by atoms with Crippen molar-refractivity contribution in [1.29, 1.82) is 0 Å². The Hall–Kier alpha value is -8.06. The molecule has 0 N–H and O–H groups in total. The van der Waals surface area contributed by atoms with Gasteiger partial charge in [0, 0.05) is 0 Å². The molecule has 0 unspecified atom stereocenters. The molecule has 0 aromatic heterocycles. The van der Waals surface area contributed by atoms with E-state index >= 15 is 0 Å². The van der Waals surface area contributed by atoms with Crippen molar-refractivity contribution < 1.29 is 0 Å². The molecule has 63 heavy (non-hydrogen) atoms. The first-order chi connectivity index (χ1) is 31.3. The third-order valence-electron chi connectivity index (χ3n) is 13.9. The van der Waals surface area contributed by atoms with Gasteiger partial charge in [-0.15, -0.1) is 0 Å². The Morgan fingerprint density at radius 3 is 1.27 bits per heavy atom. The van der Waals surface area contributed by atoms with E-state index < -0.39 is 5.41 Å². The van der Waals surface area contributed by atoms with Crippen LogP contribution in [-0.2, 0) is 5.41 Å². The Labute approximate surface area is 367 Å². The third-order valence-corrected chi connectivity index (χ3v) is 13.9. The smallest absolute Gasteiger partial charge is 0.0622 e. The number of hydrogen-bond acceptors (Lipinski definition) is 0. The maximum Gasteiger partial charge on any atom is 0.0725 e. The molecule has 0 nitrogen and oxygen atoms in total. The van der Waals surface area contributed by atoms with Crippen LogP contribution in [0.4, 0.5) is 0 Å². The van der Waals surface area contributed by atoms with Crippen LogP contribution in [0.2, 0.25) is 0 Å². The Kier molecular flexibility index (Phi) is 7.92. The van der Waals surface area contributed by atoms with Crippen molar-refractivity contribution in [2.24, 2.45) is 0 Å². The highest BCUT2D eigenvalue weighted by atomic mass is 14.5. The fraction of sp³-hybridized carbons (Fsp3) is 0.0159. The zero-order valence-corrected chi connectivity index (χ0v) is 34.6. The SMILES string of the molecule is C(=Cc1ccc(-c2c3ccccc3c(-c3ccc4c(c3)C3(c5ccccc5-c5ccccc53)c3ccccc3-4)c3ccccc23)c2ccccc12)c1ccc(-c2ccccc2)cc1. The van der Waals surface area contributed by atoms with Crippen LogP contribution >= 0.6 is 0 Å². The van der Waals surface area contributed by atoms with E-state index in [0.717, 1.165) is 0 Å². The van der Waals surface area contributed by atoms with Crippen molar-refractivity contribution in [3.05, 3.63) is 264 Å². The molecular weight excluding hydrogens is 757 g/mol. The van der Waals surface area contributed by atoms with Crippen molar-refractivity contribution in [2.75, 3.05) is 0 Å². The maximum absolute atomic E-state index is 2.54. The number of fused-ring (bicyclic) bond motifs is 13. The molecule has 0 saturated heterocycles. The summed E-state index contributed by atoms with van der Waals surface area (Å²) in [6, 6.07) is 85.7. The van der Waals surface area contributed by atoms with Crippen molar-refractivity contribution in [3.63, 3.8) is 0 Å². The molecule has 292 valence electrons. The highest BCUT2D eigenvalue weighted by Gasteiger charge is 2.51. The molecule has 13 rings (SSSR count). The Balaban J connectivity index is 0.992. The van der Waals surface area contributed by atoms with E-state index in [2.05, 4.69) is 243 Å². The van der Waals surface area contributed by atoms with Gasteiger partial charge in [-0.1, -0.05) is 237 Å². The molecular formula is C63H40. The molecule has 0 aliphatic heterocycles. The fourth-order valence-electron chi connectivity index (χ4n) is 11.3. The van der Waals surface area contributed by atoms with Gasteiger partial charge in [-0.25, -0.2) is 0 Å². The van der Waals surface area contributed by atoms with Crippen LogP contribution in [0.3, 0.4) is 0 Å². The van der Waals surface area contributed by atoms with Crippen LogP contribution in [-0.4, -0.2) is 0 Å². The minimum Gasteiger partial charge on any atom is -0.0622 e. The topological polar surface area (TPSA) is 0 Å².